The van der Waals surface area contributed by atoms with Crippen LogP contribution in [0.2, 0.25) is 0 Å². The van der Waals surface area contributed by atoms with E-state index in [9.17, 15) is 9.90 Å². The van der Waals surface area contributed by atoms with E-state index < -0.39 is 5.97 Å². The van der Waals surface area contributed by atoms with Crippen LogP contribution < -0.4 is 4.74 Å². The van der Waals surface area contributed by atoms with Crippen molar-refractivity contribution in [2.24, 2.45) is 0 Å². The van der Waals surface area contributed by atoms with Gasteiger partial charge in [-0.3, -0.25) is 4.79 Å². The zero-order valence-electron chi connectivity index (χ0n) is 9.49. The molecule has 4 heteroatoms. The first-order valence-electron chi connectivity index (χ1n) is 5.19. The first-order chi connectivity index (χ1) is 7.58. The monoisotopic (exact) mass is 224 g/mol. The van der Waals surface area contributed by atoms with Crippen LogP contribution >= 0.6 is 0 Å². The number of carbonyl (C=O) groups is 1. The summed E-state index contributed by atoms with van der Waals surface area (Å²) in [6, 6.07) is 3.34. The smallest absolute Gasteiger partial charge is 0.303 e. The molecule has 0 aliphatic rings. The van der Waals surface area contributed by atoms with Gasteiger partial charge >= 0.3 is 5.97 Å². The number of hydrogen-bond donors (Lipinski definition) is 2. The molecule has 0 amide bonds. The van der Waals surface area contributed by atoms with Gasteiger partial charge in [-0.1, -0.05) is 6.92 Å². The lowest BCUT2D eigenvalue weighted by molar-refractivity contribution is -0.136. The second-order valence-electron chi connectivity index (χ2n) is 3.54. The highest BCUT2D eigenvalue weighted by molar-refractivity contribution is 5.67. The van der Waals surface area contributed by atoms with E-state index in [0.29, 0.717) is 17.7 Å². The van der Waals surface area contributed by atoms with Crippen LogP contribution in [0.15, 0.2) is 12.1 Å². The summed E-state index contributed by atoms with van der Waals surface area (Å²) in [5.74, 6) is -0.136. The van der Waals surface area contributed by atoms with E-state index >= 15 is 0 Å². The fourth-order valence-electron chi connectivity index (χ4n) is 1.57. The molecule has 1 aromatic carbocycles. The van der Waals surface area contributed by atoms with E-state index in [-0.39, 0.29) is 12.2 Å². The zero-order chi connectivity index (χ0) is 12.1. The number of phenols is 1. The van der Waals surface area contributed by atoms with E-state index in [0.717, 1.165) is 12.0 Å². The largest absolute Gasteiger partial charge is 0.508 e. The van der Waals surface area contributed by atoms with Gasteiger partial charge < -0.3 is 14.9 Å². The van der Waals surface area contributed by atoms with E-state index in [2.05, 4.69) is 0 Å². The van der Waals surface area contributed by atoms with Crippen molar-refractivity contribution in [3.63, 3.8) is 0 Å². The zero-order valence-corrected chi connectivity index (χ0v) is 9.49. The number of hydrogen-bond acceptors (Lipinski definition) is 3. The van der Waals surface area contributed by atoms with Crippen LogP contribution in [-0.2, 0) is 17.6 Å². The third-order valence-corrected chi connectivity index (χ3v) is 2.47. The average molecular weight is 224 g/mol. The van der Waals surface area contributed by atoms with Crippen molar-refractivity contribution in [2.45, 2.75) is 26.2 Å². The number of ether oxygens (including phenoxy) is 1. The molecule has 0 spiro atoms. The van der Waals surface area contributed by atoms with Gasteiger partial charge in [-0.15, -0.1) is 0 Å². The molecule has 0 unspecified atom stereocenters. The molecule has 0 bridgehead atoms. The minimum atomic E-state index is -0.867. The molecule has 0 heterocycles. The minimum Gasteiger partial charge on any atom is -0.508 e. The summed E-state index contributed by atoms with van der Waals surface area (Å²) in [6.07, 6.45) is 1.13. The first-order valence-corrected chi connectivity index (χ1v) is 5.19. The van der Waals surface area contributed by atoms with Crippen molar-refractivity contribution in [3.05, 3.63) is 23.3 Å². The summed E-state index contributed by atoms with van der Waals surface area (Å²) in [5, 5.41) is 18.3. The predicted octanol–water partition coefficient (Wildman–Crippen LogP) is 1.98. The molecule has 4 nitrogen and oxygen atoms in total. The fourth-order valence-corrected chi connectivity index (χ4v) is 1.57. The second-order valence-corrected chi connectivity index (χ2v) is 3.54. The molecule has 0 aliphatic carbocycles. The maximum Gasteiger partial charge on any atom is 0.303 e. The van der Waals surface area contributed by atoms with Crippen LogP contribution in [-0.4, -0.2) is 23.3 Å². The molecule has 0 atom stereocenters. The van der Waals surface area contributed by atoms with Gasteiger partial charge in [0.2, 0.25) is 0 Å². The van der Waals surface area contributed by atoms with Crippen molar-refractivity contribution in [1.82, 2.24) is 0 Å². The van der Waals surface area contributed by atoms with Crippen molar-refractivity contribution >= 4 is 5.97 Å². The van der Waals surface area contributed by atoms with Crippen LogP contribution in [0.1, 0.15) is 24.5 Å². The van der Waals surface area contributed by atoms with E-state index in [1.807, 2.05) is 6.92 Å². The Morgan fingerprint density at radius 2 is 2.06 bits per heavy atom. The standard InChI is InChI=1S/C12H16O4/c1-3-8-6-9(4-5-12(14)15)10(13)7-11(8)16-2/h6-7,13H,3-5H2,1-2H3,(H,14,15). The third-order valence-electron chi connectivity index (χ3n) is 2.47. The Kier molecular flexibility index (Phi) is 4.17. The number of aliphatic carboxylic acids is 1. The Morgan fingerprint density at radius 1 is 1.38 bits per heavy atom. The van der Waals surface area contributed by atoms with Gasteiger partial charge in [0.25, 0.3) is 0 Å². The lowest BCUT2D eigenvalue weighted by Crippen LogP contribution is -1.99. The summed E-state index contributed by atoms with van der Waals surface area (Å²) in [6.45, 7) is 1.98. The summed E-state index contributed by atoms with van der Waals surface area (Å²) < 4.78 is 5.12. The molecule has 0 saturated carbocycles. The Bertz CT molecular complexity index is 385. The number of carboxylic acid groups (broad SMARTS) is 1. The van der Waals surface area contributed by atoms with Crippen molar-refractivity contribution in [2.75, 3.05) is 7.11 Å². The Hall–Kier alpha value is -1.71. The quantitative estimate of drug-likeness (QED) is 0.802. The summed E-state index contributed by atoms with van der Waals surface area (Å²) >= 11 is 0. The van der Waals surface area contributed by atoms with Crippen LogP contribution in [0, 0.1) is 0 Å². The molecular formula is C12H16O4. The maximum atomic E-state index is 10.5. The van der Waals surface area contributed by atoms with Gasteiger partial charge in [-0.05, 0) is 30.0 Å². The summed E-state index contributed by atoms with van der Waals surface area (Å²) in [4.78, 5) is 10.5. The van der Waals surface area contributed by atoms with Crippen LogP contribution in [0.3, 0.4) is 0 Å². The number of phenolic OH excluding ortho intramolecular Hbond substituents is 1. The average Bonchev–Trinajstić information content (AvgIpc) is 2.26. The molecule has 1 aromatic rings. The molecule has 0 radical (unpaired) electrons. The van der Waals surface area contributed by atoms with Crippen molar-refractivity contribution in [3.8, 4) is 11.5 Å². The lowest BCUT2D eigenvalue weighted by atomic mass is 10.0. The van der Waals surface area contributed by atoms with Crippen LogP contribution in [0.4, 0.5) is 0 Å². The normalized spacial score (nSPS) is 10.1. The highest BCUT2D eigenvalue weighted by Crippen LogP contribution is 2.29. The molecule has 16 heavy (non-hydrogen) atoms. The molecule has 1 rings (SSSR count). The summed E-state index contributed by atoms with van der Waals surface area (Å²) in [7, 11) is 1.55. The van der Waals surface area contributed by atoms with Gasteiger partial charge in [0.05, 0.1) is 7.11 Å². The highest BCUT2D eigenvalue weighted by Gasteiger charge is 2.09. The minimum absolute atomic E-state index is 0.0169. The molecule has 0 aromatic heterocycles. The fraction of sp³-hybridized carbons (Fsp3) is 0.417. The number of carboxylic acids is 1. The van der Waals surface area contributed by atoms with Gasteiger partial charge in [-0.25, -0.2) is 0 Å². The first kappa shape index (κ1) is 12.4. The Labute approximate surface area is 94.5 Å². The van der Waals surface area contributed by atoms with E-state index in [4.69, 9.17) is 9.84 Å². The van der Waals surface area contributed by atoms with E-state index in [1.54, 1.807) is 13.2 Å². The third kappa shape index (κ3) is 2.89. The molecule has 0 saturated heterocycles. The van der Waals surface area contributed by atoms with Crippen molar-refractivity contribution < 1.29 is 19.7 Å². The van der Waals surface area contributed by atoms with Crippen LogP contribution in [0.5, 0.6) is 11.5 Å². The number of aromatic hydroxyl groups is 1. The van der Waals surface area contributed by atoms with Crippen molar-refractivity contribution in [1.29, 1.82) is 0 Å². The number of aryl methyl sites for hydroxylation is 2. The lowest BCUT2D eigenvalue weighted by Gasteiger charge is -2.10. The number of rotatable bonds is 5. The van der Waals surface area contributed by atoms with E-state index in [1.165, 1.54) is 6.07 Å². The van der Waals surface area contributed by atoms with Gasteiger partial charge in [0, 0.05) is 12.5 Å². The Morgan fingerprint density at radius 3 is 2.56 bits per heavy atom. The maximum absolute atomic E-state index is 10.5. The Balaban J connectivity index is 2.96. The molecule has 0 fully saturated rings. The van der Waals surface area contributed by atoms with Gasteiger partial charge in [0.1, 0.15) is 11.5 Å². The SMILES string of the molecule is CCc1cc(CCC(=O)O)c(O)cc1OC. The van der Waals surface area contributed by atoms with Gasteiger partial charge in [0.15, 0.2) is 0 Å². The molecule has 0 aliphatic heterocycles. The van der Waals surface area contributed by atoms with Gasteiger partial charge in [-0.2, -0.15) is 0 Å². The topological polar surface area (TPSA) is 66.8 Å². The molecule has 2 N–H and O–H groups in total. The van der Waals surface area contributed by atoms with Crippen LogP contribution in [0.25, 0.3) is 0 Å². The molecular weight excluding hydrogens is 208 g/mol. The number of benzene rings is 1. The number of methoxy groups -OCH3 is 1. The second kappa shape index (κ2) is 5.39. The summed E-state index contributed by atoms with van der Waals surface area (Å²) in [5.41, 5.74) is 1.63. The predicted molar refractivity (Wildman–Crippen MR) is 60.0 cm³/mol. The highest BCUT2D eigenvalue weighted by atomic mass is 16.5. The molecule has 88 valence electrons.